The van der Waals surface area contributed by atoms with Gasteiger partial charge in [0.25, 0.3) is 0 Å². The topological polar surface area (TPSA) is 98.5 Å². The fraction of sp³-hybridized carbons (Fsp3) is 0.364. The summed E-state index contributed by atoms with van der Waals surface area (Å²) < 4.78 is 27.5. The predicted octanol–water partition coefficient (Wildman–Crippen LogP) is 2.01. The number of carbonyl (C=O) groups is 1. The van der Waals surface area contributed by atoms with Gasteiger partial charge in [0.05, 0.1) is 20.6 Å². The summed E-state index contributed by atoms with van der Waals surface area (Å²) in [5, 5.41) is 7.38. The number of amides is 1. The number of ether oxygens (including phenoxy) is 1. The minimum absolute atomic E-state index is 0.0228. The van der Waals surface area contributed by atoms with E-state index in [0.717, 1.165) is 18.6 Å². The highest BCUT2D eigenvalue weighted by Gasteiger charge is 2.16. The summed E-state index contributed by atoms with van der Waals surface area (Å²) in [5.74, 6) is -0.439. The summed E-state index contributed by atoms with van der Waals surface area (Å²) >= 11 is 11.8. The highest BCUT2D eigenvalue weighted by molar-refractivity contribution is 7.89. The number of benzene rings is 1. The van der Waals surface area contributed by atoms with Gasteiger partial charge in [-0.2, -0.15) is 0 Å². The Hall–Kier alpha value is -0.860. The maximum atomic E-state index is 11.6. The maximum absolute atomic E-state index is 11.6. The molecule has 1 aromatic carbocycles. The number of hydrogen-bond donors (Lipinski definition) is 2. The lowest BCUT2D eigenvalue weighted by molar-refractivity contribution is -0.120. The second-order valence-electron chi connectivity index (χ2n) is 3.91. The number of hydrogen-bond acceptors (Lipinski definition) is 4. The zero-order valence-electron chi connectivity index (χ0n) is 10.7. The third-order valence-electron chi connectivity index (χ3n) is 2.19. The summed E-state index contributed by atoms with van der Waals surface area (Å²) in [6, 6.07) is 2.23. The molecule has 112 valence electrons. The minimum atomic E-state index is -3.92. The van der Waals surface area contributed by atoms with Crippen LogP contribution in [0.25, 0.3) is 0 Å². The zero-order valence-corrected chi connectivity index (χ0v) is 13.0. The molecule has 1 aromatic rings. The number of primary sulfonamides is 1. The number of halogens is 2. The average molecular weight is 341 g/mol. The molecular formula is C11H14Cl2N2O4S. The molecule has 0 aliphatic rings. The number of nitrogens with two attached hydrogens (primary N) is 1. The van der Waals surface area contributed by atoms with Crippen molar-refractivity contribution in [3.05, 3.63) is 22.2 Å². The van der Waals surface area contributed by atoms with Gasteiger partial charge in [0.2, 0.25) is 15.9 Å². The van der Waals surface area contributed by atoms with Crippen LogP contribution in [0.3, 0.4) is 0 Å². The van der Waals surface area contributed by atoms with Gasteiger partial charge in [0.1, 0.15) is 6.61 Å². The fourth-order valence-corrected chi connectivity index (χ4v) is 2.59. The Morgan fingerprint density at radius 2 is 1.90 bits per heavy atom. The molecule has 0 saturated carbocycles. The van der Waals surface area contributed by atoms with Gasteiger partial charge < -0.3 is 10.1 Å². The first kappa shape index (κ1) is 17.2. The number of nitrogens with one attached hydrogen (secondary N) is 1. The average Bonchev–Trinajstić information content (AvgIpc) is 2.32. The van der Waals surface area contributed by atoms with Crippen molar-refractivity contribution in [3.63, 3.8) is 0 Å². The van der Waals surface area contributed by atoms with Crippen LogP contribution in [-0.2, 0) is 19.6 Å². The largest absolute Gasteiger partial charge is 0.372 e. The van der Waals surface area contributed by atoms with Gasteiger partial charge >= 0.3 is 0 Å². The fourth-order valence-electron chi connectivity index (χ4n) is 1.32. The highest BCUT2D eigenvalue weighted by atomic mass is 35.5. The molecule has 0 unspecified atom stereocenters. The van der Waals surface area contributed by atoms with Crippen LogP contribution >= 0.6 is 23.2 Å². The van der Waals surface area contributed by atoms with E-state index in [2.05, 4.69) is 5.32 Å². The maximum Gasteiger partial charge on any atom is 0.250 e. The van der Waals surface area contributed by atoms with Crippen LogP contribution in [0.5, 0.6) is 0 Å². The van der Waals surface area contributed by atoms with Crippen molar-refractivity contribution in [2.75, 3.05) is 18.5 Å². The first-order chi connectivity index (χ1) is 9.25. The van der Waals surface area contributed by atoms with Gasteiger partial charge in [-0.15, -0.1) is 0 Å². The number of carbonyl (C=O) groups excluding carboxylic acids is 1. The lowest BCUT2D eigenvalue weighted by Gasteiger charge is -2.11. The molecule has 3 N–H and O–H groups in total. The molecule has 1 rings (SSSR count). The molecule has 0 aromatic heterocycles. The molecule has 0 spiro atoms. The van der Waals surface area contributed by atoms with Gasteiger partial charge in [-0.25, -0.2) is 13.6 Å². The molecule has 1 amide bonds. The van der Waals surface area contributed by atoms with E-state index in [1.807, 2.05) is 6.92 Å². The third kappa shape index (κ3) is 4.92. The Labute approximate surface area is 127 Å². The van der Waals surface area contributed by atoms with Crippen molar-refractivity contribution in [2.45, 2.75) is 18.2 Å². The smallest absolute Gasteiger partial charge is 0.250 e. The van der Waals surface area contributed by atoms with Crippen LogP contribution in [0.4, 0.5) is 5.69 Å². The Morgan fingerprint density at radius 1 is 1.35 bits per heavy atom. The summed E-state index contributed by atoms with van der Waals surface area (Å²) in [7, 11) is -3.92. The van der Waals surface area contributed by atoms with Crippen LogP contribution in [0.1, 0.15) is 13.3 Å². The normalized spacial score (nSPS) is 11.4. The number of sulfonamides is 1. The van der Waals surface area contributed by atoms with Crippen molar-refractivity contribution in [1.82, 2.24) is 0 Å². The molecule has 0 fully saturated rings. The monoisotopic (exact) mass is 340 g/mol. The van der Waals surface area contributed by atoms with Gasteiger partial charge in [-0.3, -0.25) is 4.79 Å². The lowest BCUT2D eigenvalue weighted by atomic mass is 10.3. The Morgan fingerprint density at radius 3 is 2.35 bits per heavy atom. The van der Waals surface area contributed by atoms with Crippen LogP contribution in [0.2, 0.25) is 10.0 Å². The Kier molecular flexibility index (Phi) is 6.22. The van der Waals surface area contributed by atoms with Gasteiger partial charge in [0.15, 0.2) is 0 Å². The molecule has 0 aliphatic carbocycles. The van der Waals surface area contributed by atoms with Crippen LogP contribution in [0.15, 0.2) is 17.0 Å². The molecule has 0 aliphatic heterocycles. The van der Waals surface area contributed by atoms with E-state index in [9.17, 15) is 13.2 Å². The van der Waals surface area contributed by atoms with E-state index >= 15 is 0 Å². The molecule has 0 radical (unpaired) electrons. The van der Waals surface area contributed by atoms with Gasteiger partial charge in [-0.1, -0.05) is 30.1 Å². The van der Waals surface area contributed by atoms with Gasteiger partial charge in [0, 0.05) is 6.61 Å². The standard InChI is InChI=1S/C11H14Cl2N2O4S/c1-2-3-19-6-10(16)15-11-8(12)4-7(5-9(11)13)20(14,17)18/h4-5H,2-3,6H2,1H3,(H,15,16)(H2,14,17,18). The minimum Gasteiger partial charge on any atom is -0.372 e. The van der Waals surface area contributed by atoms with Gasteiger partial charge in [-0.05, 0) is 18.6 Å². The predicted molar refractivity (Wildman–Crippen MR) is 77.6 cm³/mol. The summed E-state index contributed by atoms with van der Waals surface area (Å²) in [4.78, 5) is 11.3. The van der Waals surface area contributed by atoms with Crippen molar-refractivity contribution in [3.8, 4) is 0 Å². The second kappa shape index (κ2) is 7.24. The summed E-state index contributed by atoms with van der Waals surface area (Å²) in [6.45, 7) is 2.23. The molecule has 0 atom stereocenters. The van der Waals surface area contributed by atoms with E-state index in [0.29, 0.717) is 6.61 Å². The van der Waals surface area contributed by atoms with Crippen molar-refractivity contribution < 1.29 is 17.9 Å². The molecular weight excluding hydrogens is 327 g/mol. The van der Waals surface area contributed by atoms with Crippen molar-refractivity contribution in [1.29, 1.82) is 0 Å². The molecule has 9 heteroatoms. The SMILES string of the molecule is CCCOCC(=O)Nc1c(Cl)cc(S(N)(=O)=O)cc1Cl. The third-order valence-corrected chi connectivity index (χ3v) is 3.68. The van der Waals surface area contributed by atoms with Crippen molar-refractivity contribution in [2.24, 2.45) is 5.14 Å². The molecule has 20 heavy (non-hydrogen) atoms. The highest BCUT2D eigenvalue weighted by Crippen LogP contribution is 2.33. The number of anilines is 1. The van der Waals surface area contributed by atoms with E-state index in [1.54, 1.807) is 0 Å². The van der Waals surface area contributed by atoms with E-state index in [1.165, 1.54) is 0 Å². The molecule has 0 bridgehead atoms. The first-order valence-corrected chi connectivity index (χ1v) is 7.95. The first-order valence-electron chi connectivity index (χ1n) is 5.65. The molecule has 6 nitrogen and oxygen atoms in total. The van der Waals surface area contributed by atoms with E-state index < -0.39 is 15.9 Å². The Bertz CT molecular complexity index is 581. The quantitative estimate of drug-likeness (QED) is 0.773. The van der Waals surface area contributed by atoms with E-state index in [4.69, 9.17) is 33.1 Å². The summed E-state index contributed by atoms with van der Waals surface area (Å²) in [6.07, 6.45) is 0.790. The van der Waals surface area contributed by atoms with E-state index in [-0.39, 0.29) is 27.2 Å². The second-order valence-corrected chi connectivity index (χ2v) is 6.28. The van der Waals surface area contributed by atoms with Crippen LogP contribution < -0.4 is 10.5 Å². The molecule has 0 saturated heterocycles. The molecule has 0 heterocycles. The lowest BCUT2D eigenvalue weighted by Crippen LogP contribution is -2.19. The summed E-state index contributed by atoms with van der Waals surface area (Å²) in [5.41, 5.74) is 0.117. The number of rotatable bonds is 6. The van der Waals surface area contributed by atoms with Crippen LogP contribution in [-0.4, -0.2) is 27.5 Å². The zero-order chi connectivity index (χ0) is 15.3. The van der Waals surface area contributed by atoms with Crippen LogP contribution in [0, 0.1) is 0 Å². The van der Waals surface area contributed by atoms with Crippen molar-refractivity contribution >= 4 is 44.8 Å². The Balaban J connectivity index is 2.90.